The minimum atomic E-state index is 0.144. The summed E-state index contributed by atoms with van der Waals surface area (Å²) in [7, 11) is 0. The zero-order chi connectivity index (χ0) is 18.8. The van der Waals surface area contributed by atoms with Crippen molar-refractivity contribution in [3.05, 3.63) is 42.9 Å². The quantitative estimate of drug-likeness (QED) is 0.780. The standard InChI is InChI=1S/C23H32N4O/c1-2-7-18(8-3-1)15-26-16-19-13-21(27-12-6-11-25-27)22(14-20(19)17-26)28-23-9-4-5-10-24-23/h4-6,9-12,18-22H,1-3,7-8,13-17H2/t19-,20+,21-,22-/m0/s1. The van der Waals surface area contributed by atoms with Crippen LogP contribution < -0.4 is 4.74 Å². The summed E-state index contributed by atoms with van der Waals surface area (Å²) in [5, 5.41) is 4.56. The molecule has 0 aromatic carbocycles. The van der Waals surface area contributed by atoms with Gasteiger partial charge in [0.05, 0.1) is 6.04 Å². The lowest BCUT2D eigenvalue weighted by molar-refractivity contribution is 0.0459. The Kier molecular flexibility index (Phi) is 5.34. The summed E-state index contributed by atoms with van der Waals surface area (Å²) in [5.74, 6) is 3.17. The van der Waals surface area contributed by atoms with Crippen LogP contribution in [-0.4, -0.2) is 45.4 Å². The SMILES string of the molecule is c1ccc(O[C@H]2C[C@@H]3CN(CC4CCCCC4)C[C@@H]3C[C@@H]2n2cccn2)nc1. The van der Waals surface area contributed by atoms with Gasteiger partial charge in [-0.15, -0.1) is 0 Å². The van der Waals surface area contributed by atoms with Crippen LogP contribution in [0.25, 0.3) is 0 Å². The lowest BCUT2D eigenvalue weighted by Gasteiger charge is -2.37. The van der Waals surface area contributed by atoms with Gasteiger partial charge in [-0.1, -0.05) is 25.3 Å². The molecule has 2 aliphatic carbocycles. The minimum absolute atomic E-state index is 0.144. The van der Waals surface area contributed by atoms with E-state index in [0.29, 0.717) is 6.04 Å². The summed E-state index contributed by atoms with van der Waals surface area (Å²) in [5.41, 5.74) is 0. The molecule has 2 aromatic rings. The molecule has 2 saturated carbocycles. The highest BCUT2D eigenvalue weighted by atomic mass is 16.5. The summed E-state index contributed by atoms with van der Waals surface area (Å²) in [6.45, 7) is 3.81. The van der Waals surface area contributed by atoms with Crippen LogP contribution in [0.15, 0.2) is 42.9 Å². The van der Waals surface area contributed by atoms with E-state index in [0.717, 1.165) is 36.5 Å². The Morgan fingerprint density at radius 2 is 1.82 bits per heavy atom. The Labute approximate surface area is 168 Å². The van der Waals surface area contributed by atoms with E-state index >= 15 is 0 Å². The van der Waals surface area contributed by atoms with Crippen LogP contribution in [0.2, 0.25) is 0 Å². The van der Waals surface area contributed by atoms with Gasteiger partial charge in [0.1, 0.15) is 6.10 Å². The van der Waals surface area contributed by atoms with Gasteiger partial charge in [0.25, 0.3) is 0 Å². The third-order valence-corrected chi connectivity index (χ3v) is 7.18. The summed E-state index contributed by atoms with van der Waals surface area (Å²) in [4.78, 5) is 7.16. The average molecular weight is 381 g/mol. The normalized spacial score (nSPS) is 31.6. The molecule has 3 fully saturated rings. The summed E-state index contributed by atoms with van der Waals surface area (Å²) in [6, 6.07) is 8.23. The van der Waals surface area contributed by atoms with Crippen LogP contribution in [0.5, 0.6) is 5.88 Å². The second-order valence-corrected chi connectivity index (χ2v) is 9.09. The molecule has 3 aliphatic rings. The fourth-order valence-electron chi connectivity index (χ4n) is 5.83. The number of ether oxygens (including phenoxy) is 1. The van der Waals surface area contributed by atoms with Gasteiger partial charge in [0, 0.05) is 44.3 Å². The van der Waals surface area contributed by atoms with Crippen molar-refractivity contribution in [1.29, 1.82) is 0 Å². The van der Waals surface area contributed by atoms with Gasteiger partial charge < -0.3 is 9.64 Å². The van der Waals surface area contributed by atoms with Crippen molar-refractivity contribution in [3.63, 3.8) is 0 Å². The number of hydrogen-bond donors (Lipinski definition) is 0. The van der Waals surface area contributed by atoms with Gasteiger partial charge in [0.15, 0.2) is 0 Å². The molecule has 5 rings (SSSR count). The number of hydrogen-bond acceptors (Lipinski definition) is 4. The molecule has 0 unspecified atom stereocenters. The Morgan fingerprint density at radius 1 is 0.964 bits per heavy atom. The first-order valence-electron chi connectivity index (χ1n) is 11.1. The van der Waals surface area contributed by atoms with Crippen LogP contribution in [0, 0.1) is 17.8 Å². The van der Waals surface area contributed by atoms with Crippen molar-refractivity contribution in [3.8, 4) is 5.88 Å². The molecule has 3 heterocycles. The van der Waals surface area contributed by atoms with Crippen molar-refractivity contribution >= 4 is 0 Å². The summed E-state index contributed by atoms with van der Waals surface area (Å²) in [6.07, 6.45) is 15.4. The van der Waals surface area contributed by atoms with Crippen molar-refractivity contribution in [2.24, 2.45) is 17.8 Å². The first-order valence-corrected chi connectivity index (χ1v) is 11.1. The molecule has 5 nitrogen and oxygen atoms in total. The van der Waals surface area contributed by atoms with E-state index in [1.54, 1.807) is 0 Å². The molecule has 5 heteroatoms. The third-order valence-electron chi connectivity index (χ3n) is 7.18. The smallest absolute Gasteiger partial charge is 0.213 e. The number of rotatable bonds is 5. The predicted molar refractivity (Wildman–Crippen MR) is 109 cm³/mol. The molecule has 1 saturated heterocycles. The van der Waals surface area contributed by atoms with Crippen LogP contribution >= 0.6 is 0 Å². The van der Waals surface area contributed by atoms with Crippen LogP contribution in [0.1, 0.15) is 51.0 Å². The number of nitrogens with zero attached hydrogens (tertiary/aromatic N) is 4. The maximum absolute atomic E-state index is 6.39. The Morgan fingerprint density at radius 3 is 2.57 bits per heavy atom. The lowest BCUT2D eigenvalue weighted by Crippen LogP contribution is -2.40. The van der Waals surface area contributed by atoms with E-state index in [1.807, 2.05) is 36.7 Å². The van der Waals surface area contributed by atoms with Gasteiger partial charge in [-0.05, 0) is 55.6 Å². The Balaban J connectivity index is 1.28. The highest BCUT2D eigenvalue weighted by Crippen LogP contribution is 2.43. The number of aromatic nitrogens is 3. The third kappa shape index (κ3) is 3.95. The lowest BCUT2D eigenvalue weighted by atomic mass is 9.77. The molecule has 28 heavy (non-hydrogen) atoms. The van der Waals surface area contributed by atoms with E-state index in [4.69, 9.17) is 4.74 Å². The molecular weight excluding hydrogens is 348 g/mol. The molecule has 0 radical (unpaired) electrons. The number of pyridine rings is 1. The summed E-state index contributed by atoms with van der Waals surface area (Å²) < 4.78 is 8.51. The van der Waals surface area contributed by atoms with Gasteiger partial charge >= 0.3 is 0 Å². The van der Waals surface area contributed by atoms with Gasteiger partial charge in [-0.3, -0.25) is 4.68 Å². The van der Waals surface area contributed by atoms with Crippen molar-refractivity contribution in [2.45, 2.75) is 57.1 Å². The van der Waals surface area contributed by atoms with Crippen LogP contribution in [0.3, 0.4) is 0 Å². The summed E-state index contributed by atoms with van der Waals surface area (Å²) >= 11 is 0. The minimum Gasteiger partial charge on any atom is -0.472 e. The molecule has 0 bridgehead atoms. The first-order chi connectivity index (χ1) is 13.8. The van der Waals surface area contributed by atoms with Crippen molar-refractivity contribution in [1.82, 2.24) is 19.7 Å². The van der Waals surface area contributed by atoms with Crippen LogP contribution in [-0.2, 0) is 0 Å². The molecule has 0 spiro atoms. The van der Waals surface area contributed by atoms with E-state index in [-0.39, 0.29) is 6.10 Å². The molecular formula is C23H32N4O. The Hall–Kier alpha value is -1.88. The molecule has 1 aliphatic heterocycles. The number of fused-ring (bicyclic) bond motifs is 1. The van der Waals surface area contributed by atoms with Crippen molar-refractivity contribution < 1.29 is 4.74 Å². The fraction of sp³-hybridized carbons (Fsp3) is 0.652. The molecule has 0 N–H and O–H groups in total. The van der Waals surface area contributed by atoms with E-state index in [2.05, 4.69) is 25.9 Å². The highest BCUT2D eigenvalue weighted by molar-refractivity contribution is 5.11. The zero-order valence-electron chi connectivity index (χ0n) is 16.7. The predicted octanol–water partition coefficient (Wildman–Crippen LogP) is 4.19. The van der Waals surface area contributed by atoms with E-state index < -0.39 is 0 Å². The molecule has 150 valence electrons. The maximum atomic E-state index is 6.39. The van der Waals surface area contributed by atoms with Crippen molar-refractivity contribution in [2.75, 3.05) is 19.6 Å². The number of likely N-dealkylation sites (tertiary alicyclic amines) is 1. The molecule has 2 aromatic heterocycles. The van der Waals surface area contributed by atoms with E-state index in [9.17, 15) is 0 Å². The van der Waals surface area contributed by atoms with Gasteiger partial charge in [0.2, 0.25) is 5.88 Å². The second-order valence-electron chi connectivity index (χ2n) is 9.09. The Bertz CT molecular complexity index is 728. The van der Waals surface area contributed by atoms with E-state index in [1.165, 1.54) is 51.7 Å². The molecule has 4 atom stereocenters. The largest absolute Gasteiger partial charge is 0.472 e. The van der Waals surface area contributed by atoms with Crippen LogP contribution in [0.4, 0.5) is 0 Å². The maximum Gasteiger partial charge on any atom is 0.213 e. The first kappa shape index (κ1) is 18.2. The zero-order valence-corrected chi connectivity index (χ0v) is 16.7. The second kappa shape index (κ2) is 8.24. The fourth-order valence-corrected chi connectivity index (χ4v) is 5.83. The van der Waals surface area contributed by atoms with Gasteiger partial charge in [-0.2, -0.15) is 5.10 Å². The average Bonchev–Trinajstić information content (AvgIpc) is 3.38. The monoisotopic (exact) mass is 380 g/mol. The molecule has 0 amide bonds. The topological polar surface area (TPSA) is 43.2 Å². The highest BCUT2D eigenvalue weighted by Gasteiger charge is 2.44. The van der Waals surface area contributed by atoms with Gasteiger partial charge in [-0.25, -0.2) is 4.98 Å².